The molecule has 1 unspecified atom stereocenters. The Morgan fingerprint density at radius 2 is 1.87 bits per heavy atom. The van der Waals surface area contributed by atoms with Gasteiger partial charge in [-0.3, -0.25) is 9.59 Å². The maximum atomic E-state index is 13.5. The number of thiophene rings is 1. The zero-order valence-electron chi connectivity index (χ0n) is 18.9. The topological polar surface area (TPSA) is 75.6 Å². The Morgan fingerprint density at radius 1 is 1.13 bits per heavy atom. The van der Waals surface area contributed by atoms with Gasteiger partial charge in [-0.05, 0) is 57.9 Å². The minimum absolute atomic E-state index is 0.00892. The third kappa shape index (κ3) is 4.40. The zero-order valence-corrected chi connectivity index (χ0v) is 19.8. The van der Waals surface area contributed by atoms with Crippen molar-refractivity contribution in [3.05, 3.63) is 16.3 Å². The minimum Gasteiger partial charge on any atom is -0.466 e. The molecule has 2 fully saturated rings. The van der Waals surface area contributed by atoms with Gasteiger partial charge in [0.05, 0.1) is 22.8 Å². The van der Waals surface area contributed by atoms with Crippen molar-refractivity contribution in [1.82, 2.24) is 14.9 Å². The van der Waals surface area contributed by atoms with Crippen molar-refractivity contribution in [2.45, 2.75) is 53.4 Å². The van der Waals surface area contributed by atoms with Crippen molar-refractivity contribution < 1.29 is 14.3 Å². The van der Waals surface area contributed by atoms with Gasteiger partial charge in [0.15, 0.2) is 0 Å². The summed E-state index contributed by atoms with van der Waals surface area (Å²) in [6, 6.07) is 0. The molecule has 0 aromatic carbocycles. The highest BCUT2D eigenvalue weighted by atomic mass is 32.1. The maximum Gasteiger partial charge on any atom is 0.310 e. The van der Waals surface area contributed by atoms with Crippen molar-refractivity contribution in [3.63, 3.8) is 0 Å². The van der Waals surface area contributed by atoms with E-state index in [4.69, 9.17) is 9.72 Å². The van der Waals surface area contributed by atoms with E-state index in [2.05, 4.69) is 16.8 Å². The van der Waals surface area contributed by atoms with Gasteiger partial charge in [0.25, 0.3) is 5.91 Å². The van der Waals surface area contributed by atoms with Crippen molar-refractivity contribution in [3.8, 4) is 0 Å². The van der Waals surface area contributed by atoms with Gasteiger partial charge in [-0.1, -0.05) is 6.92 Å². The average Bonchev–Trinajstić information content (AvgIpc) is 3.09. The molecule has 2 aromatic heterocycles. The molecule has 2 saturated heterocycles. The Kier molecular flexibility index (Phi) is 6.46. The summed E-state index contributed by atoms with van der Waals surface area (Å²) < 4.78 is 5.19. The van der Waals surface area contributed by atoms with Crippen LogP contribution >= 0.6 is 11.3 Å². The summed E-state index contributed by atoms with van der Waals surface area (Å²) in [5.74, 6) is 2.00. The summed E-state index contributed by atoms with van der Waals surface area (Å²) in [5.41, 5.74) is 0.955. The molecule has 0 spiro atoms. The molecule has 168 valence electrons. The van der Waals surface area contributed by atoms with Crippen LogP contribution in [0.1, 0.15) is 60.6 Å². The van der Waals surface area contributed by atoms with E-state index in [1.54, 1.807) is 0 Å². The van der Waals surface area contributed by atoms with Crippen LogP contribution in [0.25, 0.3) is 10.2 Å². The molecule has 1 amide bonds. The predicted octanol–water partition coefficient (Wildman–Crippen LogP) is 3.96. The van der Waals surface area contributed by atoms with Crippen molar-refractivity contribution in [2.24, 2.45) is 11.8 Å². The highest BCUT2D eigenvalue weighted by Crippen LogP contribution is 2.37. The summed E-state index contributed by atoms with van der Waals surface area (Å²) in [4.78, 5) is 40.9. The number of carbonyl (C=O) groups excluding carboxylic acids is 2. The Morgan fingerprint density at radius 3 is 2.58 bits per heavy atom. The number of rotatable bonds is 4. The molecular formula is C23H32N4O3S. The number of nitrogens with zero attached hydrogens (tertiary/aromatic N) is 4. The van der Waals surface area contributed by atoms with Crippen LogP contribution in [0, 0.1) is 25.7 Å². The molecule has 8 heteroatoms. The molecule has 0 bridgehead atoms. The molecule has 0 saturated carbocycles. The number of aromatic nitrogens is 2. The second kappa shape index (κ2) is 9.10. The molecule has 4 rings (SSSR count). The summed E-state index contributed by atoms with van der Waals surface area (Å²) in [6.45, 7) is 11.5. The van der Waals surface area contributed by atoms with E-state index in [0.29, 0.717) is 24.6 Å². The number of carbonyl (C=O) groups is 2. The van der Waals surface area contributed by atoms with E-state index in [0.717, 1.165) is 72.1 Å². The lowest BCUT2D eigenvalue weighted by Crippen LogP contribution is -2.42. The van der Waals surface area contributed by atoms with Crippen LogP contribution in [0.15, 0.2) is 0 Å². The number of fused-ring (bicyclic) bond motifs is 1. The van der Waals surface area contributed by atoms with Crippen LogP contribution in [0.5, 0.6) is 0 Å². The fraction of sp³-hybridized carbons (Fsp3) is 0.652. The first-order valence-corrected chi connectivity index (χ1v) is 12.2. The van der Waals surface area contributed by atoms with Gasteiger partial charge >= 0.3 is 5.97 Å². The van der Waals surface area contributed by atoms with Gasteiger partial charge in [-0.2, -0.15) is 0 Å². The number of piperidine rings is 2. The van der Waals surface area contributed by atoms with Gasteiger partial charge in [0.1, 0.15) is 16.5 Å². The largest absolute Gasteiger partial charge is 0.466 e. The van der Waals surface area contributed by atoms with Gasteiger partial charge in [-0.25, -0.2) is 9.97 Å². The first kappa shape index (κ1) is 22.0. The zero-order chi connectivity index (χ0) is 22.1. The van der Waals surface area contributed by atoms with E-state index in [9.17, 15) is 9.59 Å². The highest BCUT2D eigenvalue weighted by molar-refractivity contribution is 7.20. The second-order valence-corrected chi connectivity index (χ2v) is 9.84. The summed E-state index contributed by atoms with van der Waals surface area (Å²) in [7, 11) is 0. The van der Waals surface area contributed by atoms with Crippen LogP contribution in [0.4, 0.5) is 5.82 Å². The maximum absolute atomic E-state index is 13.5. The van der Waals surface area contributed by atoms with E-state index >= 15 is 0 Å². The Bertz CT molecular complexity index is 981. The highest BCUT2D eigenvalue weighted by Gasteiger charge is 2.32. The smallest absolute Gasteiger partial charge is 0.310 e. The molecule has 2 aliphatic heterocycles. The molecule has 31 heavy (non-hydrogen) atoms. The molecule has 4 heterocycles. The third-order valence-corrected chi connectivity index (χ3v) is 7.66. The predicted molar refractivity (Wildman–Crippen MR) is 123 cm³/mol. The van der Waals surface area contributed by atoms with E-state index in [1.165, 1.54) is 11.3 Å². The molecule has 1 atom stereocenters. The molecule has 2 aromatic rings. The molecule has 2 aliphatic rings. The number of ether oxygens (including phenoxy) is 1. The Labute approximate surface area is 187 Å². The first-order chi connectivity index (χ1) is 14.9. The number of hydrogen-bond donors (Lipinski definition) is 0. The lowest BCUT2D eigenvalue weighted by atomic mass is 9.97. The standard InChI is InChI=1S/C23H32N4O3S/c1-5-30-23(29)17-7-6-10-27(13-17)22(28)19-15(3)18-20(24-16(4)25-21(18)31-19)26-11-8-14(2)9-12-26/h14,17H,5-13H2,1-4H3. The monoisotopic (exact) mass is 444 g/mol. The minimum atomic E-state index is -0.236. The number of aryl methyl sites for hydroxylation is 2. The van der Waals surface area contributed by atoms with E-state index in [-0.39, 0.29) is 17.8 Å². The van der Waals surface area contributed by atoms with Crippen LogP contribution in [-0.2, 0) is 9.53 Å². The molecule has 0 radical (unpaired) electrons. The number of esters is 1. The first-order valence-electron chi connectivity index (χ1n) is 11.4. The van der Waals surface area contributed by atoms with Crippen LogP contribution in [0.3, 0.4) is 0 Å². The number of hydrogen-bond acceptors (Lipinski definition) is 7. The SMILES string of the molecule is CCOC(=O)C1CCCN(C(=O)c2sc3nc(C)nc(N4CCC(C)CC4)c3c2C)C1. The second-order valence-electron chi connectivity index (χ2n) is 8.84. The summed E-state index contributed by atoms with van der Waals surface area (Å²) in [5, 5.41) is 1.01. The van der Waals surface area contributed by atoms with Gasteiger partial charge < -0.3 is 14.5 Å². The molecule has 0 N–H and O–H groups in total. The van der Waals surface area contributed by atoms with Gasteiger partial charge in [0.2, 0.25) is 0 Å². The number of amides is 1. The summed E-state index contributed by atoms with van der Waals surface area (Å²) >= 11 is 1.45. The molecule has 7 nitrogen and oxygen atoms in total. The number of likely N-dealkylation sites (tertiary alicyclic amines) is 1. The third-order valence-electron chi connectivity index (χ3n) is 6.49. The summed E-state index contributed by atoms with van der Waals surface area (Å²) in [6.07, 6.45) is 3.90. The van der Waals surface area contributed by atoms with Gasteiger partial charge in [-0.15, -0.1) is 11.3 Å². The fourth-order valence-corrected chi connectivity index (χ4v) is 5.82. The van der Waals surface area contributed by atoms with Gasteiger partial charge in [0, 0.05) is 26.2 Å². The molecular weight excluding hydrogens is 412 g/mol. The quantitative estimate of drug-likeness (QED) is 0.665. The van der Waals surface area contributed by atoms with E-state index < -0.39 is 0 Å². The van der Waals surface area contributed by atoms with Crippen LogP contribution < -0.4 is 4.90 Å². The Hall–Kier alpha value is -2.22. The number of anilines is 1. The van der Waals surface area contributed by atoms with Crippen LogP contribution in [-0.4, -0.2) is 59.5 Å². The molecule has 0 aliphatic carbocycles. The van der Waals surface area contributed by atoms with Crippen molar-refractivity contribution in [2.75, 3.05) is 37.7 Å². The van der Waals surface area contributed by atoms with Crippen LogP contribution in [0.2, 0.25) is 0 Å². The average molecular weight is 445 g/mol. The normalized spacial score (nSPS) is 20.3. The lowest BCUT2D eigenvalue weighted by Gasteiger charge is -2.32. The van der Waals surface area contributed by atoms with Crippen molar-refractivity contribution >= 4 is 39.2 Å². The van der Waals surface area contributed by atoms with Crippen molar-refractivity contribution in [1.29, 1.82) is 0 Å². The Balaban J connectivity index is 1.64. The lowest BCUT2D eigenvalue weighted by molar-refractivity contribution is -0.149. The van der Waals surface area contributed by atoms with E-state index in [1.807, 2.05) is 25.7 Å². The fourth-order valence-electron chi connectivity index (χ4n) is 4.63.